The molecule has 0 aliphatic carbocycles. The molecule has 0 saturated heterocycles. The third kappa shape index (κ3) is 4150. The molecule has 0 aromatic carbocycles. The fourth-order valence-corrected chi connectivity index (χ4v) is 0. The van der Waals surface area contributed by atoms with E-state index >= 15 is 0 Å². The minimum atomic E-state index is 0. The van der Waals surface area contributed by atoms with Crippen LogP contribution in [-0.2, 0) is 36.2 Å². The molecule has 0 aliphatic rings. The first-order valence-electron chi connectivity index (χ1n) is 1.00. The van der Waals surface area contributed by atoms with Gasteiger partial charge in [0, 0.05) is 21.1 Å². The van der Waals surface area contributed by atoms with Crippen molar-refractivity contribution >= 4 is 0 Å². The first-order chi connectivity index (χ1) is 4.24. The molecule has 0 saturated carbocycles. The van der Waals surface area contributed by atoms with Crippen molar-refractivity contribution in [2.75, 3.05) is 0 Å². The zero-order valence-corrected chi connectivity index (χ0v) is 7.02. The third-order valence-corrected chi connectivity index (χ3v) is 0. The van der Waals surface area contributed by atoms with Crippen molar-refractivity contribution < 1.29 is 67.7 Å². The van der Waals surface area contributed by atoms with E-state index in [1.54, 1.807) is 15.1 Å². The third-order valence-electron chi connectivity index (χ3n) is 0. The second kappa shape index (κ2) is 58.4. The smallest absolute Gasteiger partial charge is 0 e. The van der Waals surface area contributed by atoms with Gasteiger partial charge in [-0.1, -0.05) is 0 Å². The van der Waals surface area contributed by atoms with E-state index in [9.17, 15) is 0 Å². The Labute approximate surface area is 68.5 Å². The fourth-order valence-electron chi connectivity index (χ4n) is 0. The average molecular weight is 328 g/mol. The normalized spacial score (nSPS) is 5.40. The Kier molecular flexibility index (Phi) is 131. The second-order valence-electron chi connectivity index (χ2n) is 0.204. The van der Waals surface area contributed by atoms with Gasteiger partial charge in [0.2, 0.25) is 0 Å². The van der Waals surface area contributed by atoms with Gasteiger partial charge in [-0.05, 0) is 0 Å². The van der Waals surface area contributed by atoms with E-state index in [0.717, 1.165) is 0 Å². The quantitative estimate of drug-likeness (QED) is 0.310. The standard InChI is InChI=1S/3H2O3.W/c3*1-3-2;/h3*1-2H;/p-6. The average Bonchev–Trinajstić information content (AvgIpc) is 1.70. The van der Waals surface area contributed by atoms with Crippen LogP contribution in [-0.4, -0.2) is 0 Å². The maximum absolute atomic E-state index is 7.88. The molecule has 10 heteroatoms. The van der Waals surface area contributed by atoms with Gasteiger partial charge >= 0.3 is 0 Å². The van der Waals surface area contributed by atoms with Crippen molar-refractivity contribution in [2.24, 2.45) is 0 Å². The van der Waals surface area contributed by atoms with Gasteiger partial charge in [-0.2, -0.15) is 0 Å². The van der Waals surface area contributed by atoms with Crippen molar-refractivity contribution in [1.82, 2.24) is 0 Å². The molecule has 0 aromatic rings. The van der Waals surface area contributed by atoms with E-state index in [4.69, 9.17) is 31.5 Å². The first kappa shape index (κ1) is 22.4. The maximum Gasteiger partial charge on any atom is 0 e. The number of rotatable bonds is 0. The minimum absolute atomic E-state index is 0. The van der Waals surface area contributed by atoms with Crippen LogP contribution < -0.4 is 31.5 Å². The summed E-state index contributed by atoms with van der Waals surface area (Å²) in [6.45, 7) is 0. The molecule has 0 fully saturated rings. The van der Waals surface area contributed by atoms with E-state index in [-0.39, 0.29) is 21.1 Å². The van der Waals surface area contributed by atoms with E-state index in [1.165, 1.54) is 0 Å². The van der Waals surface area contributed by atoms with Crippen molar-refractivity contribution in [3.05, 3.63) is 0 Å². The molecule has 0 aliphatic heterocycles. The first-order valence-corrected chi connectivity index (χ1v) is 1.00. The van der Waals surface area contributed by atoms with Crippen LogP contribution in [0.15, 0.2) is 0 Å². The summed E-state index contributed by atoms with van der Waals surface area (Å²) < 4.78 is 0. The molecule has 0 bridgehead atoms. The van der Waals surface area contributed by atoms with E-state index in [2.05, 4.69) is 0 Å². The van der Waals surface area contributed by atoms with Crippen LogP contribution in [0.25, 0.3) is 0 Å². The van der Waals surface area contributed by atoms with Crippen LogP contribution >= 0.6 is 0 Å². The largest absolute Gasteiger partial charge is 0.734 e. The number of hydrogen-bond donors (Lipinski definition) is 0. The van der Waals surface area contributed by atoms with Crippen molar-refractivity contribution in [3.63, 3.8) is 0 Å². The Morgan fingerprint density at radius 2 is 0.500 bits per heavy atom. The monoisotopic (exact) mass is 328 g/mol. The Hall–Kier alpha value is 0.328. The van der Waals surface area contributed by atoms with E-state index < -0.39 is 0 Å². The van der Waals surface area contributed by atoms with Gasteiger partial charge in [0.05, 0.1) is 0 Å². The molecule has 0 radical (unpaired) electrons. The minimum Gasteiger partial charge on any atom is -0.734 e. The SMILES string of the molecule is [O-]O[O-].[O-]O[O-].[O-]O[O-].[W]. The summed E-state index contributed by atoms with van der Waals surface area (Å²) >= 11 is 0. The molecule has 0 unspecified atom stereocenters. The molecule has 0 heterocycles. The molecule has 0 N–H and O–H groups in total. The van der Waals surface area contributed by atoms with Gasteiger partial charge in [-0.15, -0.1) is 0 Å². The Balaban J connectivity index is -0.0000000257. The molecule has 10 heavy (non-hydrogen) atoms. The fraction of sp³-hybridized carbons (Fsp3) is 0. The Morgan fingerprint density at radius 3 is 0.500 bits per heavy atom. The summed E-state index contributed by atoms with van der Waals surface area (Å²) in [5, 5.41) is 52.5. The summed E-state index contributed by atoms with van der Waals surface area (Å²) in [5.74, 6) is 0. The Morgan fingerprint density at radius 1 is 0.500 bits per heavy atom. The van der Waals surface area contributed by atoms with Gasteiger partial charge in [-0.3, -0.25) is 0 Å². The molecular formula is O9W-6. The predicted octanol–water partition coefficient (Wildman–Crippen LogP) is -7.34. The number of hydrogen-bond acceptors (Lipinski definition) is 9. The van der Waals surface area contributed by atoms with E-state index in [1.807, 2.05) is 0 Å². The van der Waals surface area contributed by atoms with E-state index in [0.29, 0.717) is 0 Å². The molecule has 0 amide bonds. The van der Waals surface area contributed by atoms with Crippen LogP contribution in [0, 0.1) is 0 Å². The van der Waals surface area contributed by atoms with Crippen LogP contribution in [0.4, 0.5) is 0 Å². The zero-order chi connectivity index (χ0) is 8.12. The summed E-state index contributed by atoms with van der Waals surface area (Å²) in [6, 6.07) is 0. The molecule has 0 aromatic heterocycles. The van der Waals surface area contributed by atoms with Crippen LogP contribution in [0.5, 0.6) is 0 Å². The summed E-state index contributed by atoms with van der Waals surface area (Å²) in [6.07, 6.45) is 0. The summed E-state index contributed by atoms with van der Waals surface area (Å²) in [5.41, 5.74) is 0. The van der Waals surface area contributed by atoms with Gasteiger partial charge in [0.15, 0.2) is 0 Å². The van der Waals surface area contributed by atoms with Gasteiger partial charge in [0.1, 0.15) is 0 Å². The molecular weight excluding hydrogens is 328 g/mol. The van der Waals surface area contributed by atoms with Gasteiger partial charge in [0.25, 0.3) is 0 Å². The Bertz CT molecular complexity index is 9.44. The zero-order valence-electron chi connectivity index (χ0n) is 4.08. The van der Waals surface area contributed by atoms with Crippen molar-refractivity contribution in [3.8, 4) is 0 Å². The molecule has 9 nitrogen and oxygen atoms in total. The van der Waals surface area contributed by atoms with Crippen LogP contribution in [0.1, 0.15) is 0 Å². The van der Waals surface area contributed by atoms with Crippen LogP contribution in [0.3, 0.4) is 0 Å². The van der Waals surface area contributed by atoms with Gasteiger partial charge < -0.3 is 46.7 Å². The summed E-state index contributed by atoms with van der Waals surface area (Å²) in [7, 11) is 0. The second-order valence-corrected chi connectivity index (χ2v) is 0.204. The molecule has 66 valence electrons. The molecule has 0 atom stereocenters. The molecule has 0 spiro atoms. The predicted molar refractivity (Wildman–Crippen MR) is 3.25 cm³/mol. The maximum atomic E-state index is 7.88. The van der Waals surface area contributed by atoms with Crippen LogP contribution in [0.2, 0.25) is 0 Å². The topological polar surface area (TPSA) is 166 Å². The summed E-state index contributed by atoms with van der Waals surface area (Å²) in [4.78, 5) is 0. The van der Waals surface area contributed by atoms with Crippen molar-refractivity contribution in [1.29, 1.82) is 0 Å². The van der Waals surface area contributed by atoms with Gasteiger partial charge in [-0.25, -0.2) is 0 Å². The molecule has 0 rings (SSSR count). The van der Waals surface area contributed by atoms with Crippen molar-refractivity contribution in [2.45, 2.75) is 0 Å².